The van der Waals surface area contributed by atoms with Crippen LogP contribution in [0.3, 0.4) is 0 Å². The molecule has 0 saturated carbocycles. The second-order valence-corrected chi connectivity index (χ2v) is 8.82. The number of hydrogen-bond acceptors (Lipinski definition) is 6. The number of carbonyl (C=O) groups excluding carboxylic acids is 2. The highest BCUT2D eigenvalue weighted by atomic mass is 16.7. The van der Waals surface area contributed by atoms with Gasteiger partial charge < -0.3 is 23.9 Å². The van der Waals surface area contributed by atoms with Crippen molar-refractivity contribution in [3.63, 3.8) is 0 Å². The Kier molecular flexibility index (Phi) is 9.08. The molecule has 192 valence electrons. The van der Waals surface area contributed by atoms with Crippen LogP contribution >= 0.6 is 0 Å². The number of amides is 1. The van der Waals surface area contributed by atoms with Crippen molar-refractivity contribution in [1.82, 2.24) is 5.32 Å². The van der Waals surface area contributed by atoms with E-state index in [1.165, 1.54) is 14.2 Å². The van der Waals surface area contributed by atoms with Crippen LogP contribution in [0.5, 0.6) is 0 Å². The monoisotopic (exact) mass is 501 g/mol. The highest BCUT2D eigenvalue weighted by Gasteiger charge is 2.26. The van der Waals surface area contributed by atoms with E-state index in [0.717, 1.165) is 27.9 Å². The van der Waals surface area contributed by atoms with Crippen molar-refractivity contribution >= 4 is 22.8 Å². The molecule has 1 amide bonds. The molecule has 0 bridgehead atoms. The molecule has 37 heavy (non-hydrogen) atoms. The summed E-state index contributed by atoms with van der Waals surface area (Å²) in [6.07, 6.45) is 0.852. The summed E-state index contributed by atoms with van der Waals surface area (Å²) in [6.45, 7) is 0.277. The molecule has 7 nitrogen and oxygen atoms in total. The molecule has 1 N–H and O–H groups in total. The molecule has 1 heterocycles. The Morgan fingerprint density at radius 2 is 1.65 bits per heavy atom. The molecule has 0 radical (unpaired) electrons. The average Bonchev–Trinajstić information content (AvgIpc) is 3.37. The molecule has 0 aliphatic carbocycles. The van der Waals surface area contributed by atoms with Crippen LogP contribution in [0.1, 0.15) is 22.3 Å². The van der Waals surface area contributed by atoms with Crippen LogP contribution in [0.15, 0.2) is 89.3 Å². The fourth-order valence-electron chi connectivity index (χ4n) is 4.29. The summed E-state index contributed by atoms with van der Waals surface area (Å²) in [5, 5.41) is 4.04. The molecule has 0 aliphatic heterocycles. The van der Waals surface area contributed by atoms with Gasteiger partial charge in [0.1, 0.15) is 18.1 Å². The van der Waals surface area contributed by atoms with Gasteiger partial charge >= 0.3 is 5.97 Å². The van der Waals surface area contributed by atoms with Crippen LogP contribution < -0.4 is 5.32 Å². The summed E-state index contributed by atoms with van der Waals surface area (Å²) < 4.78 is 21.5. The first-order valence-corrected chi connectivity index (χ1v) is 12.2. The third-order valence-electron chi connectivity index (χ3n) is 6.14. The molecule has 0 spiro atoms. The number of nitrogens with one attached hydrogen (secondary N) is 1. The summed E-state index contributed by atoms with van der Waals surface area (Å²) in [7, 11) is 2.91. The number of rotatable bonds is 12. The number of hydrogen-bond donors (Lipinski definition) is 1. The van der Waals surface area contributed by atoms with E-state index in [9.17, 15) is 9.59 Å². The van der Waals surface area contributed by atoms with Crippen LogP contribution in [0.4, 0.5) is 0 Å². The third-order valence-corrected chi connectivity index (χ3v) is 6.14. The van der Waals surface area contributed by atoms with Gasteiger partial charge in [-0.05, 0) is 42.7 Å². The molecule has 2 atom stereocenters. The lowest BCUT2D eigenvalue weighted by molar-refractivity contribution is -0.146. The van der Waals surface area contributed by atoms with Gasteiger partial charge in [0.2, 0.25) is 0 Å². The van der Waals surface area contributed by atoms with Gasteiger partial charge in [-0.3, -0.25) is 9.59 Å². The lowest BCUT2D eigenvalue weighted by Crippen LogP contribution is -2.41. The Bertz CT molecular complexity index is 1270. The van der Waals surface area contributed by atoms with Gasteiger partial charge in [0.25, 0.3) is 5.91 Å². The number of carbonyl (C=O) groups is 2. The summed E-state index contributed by atoms with van der Waals surface area (Å²) in [4.78, 5) is 25.7. The Morgan fingerprint density at radius 3 is 2.35 bits per heavy atom. The maximum atomic E-state index is 13.1. The second-order valence-electron chi connectivity index (χ2n) is 8.82. The van der Waals surface area contributed by atoms with Crippen LogP contribution in [0, 0.1) is 5.92 Å². The van der Waals surface area contributed by atoms with Crippen LogP contribution in [-0.4, -0.2) is 45.5 Å². The van der Waals surface area contributed by atoms with Crippen LogP contribution in [0.2, 0.25) is 0 Å². The van der Waals surface area contributed by atoms with Gasteiger partial charge in [-0.15, -0.1) is 0 Å². The van der Waals surface area contributed by atoms with Crippen molar-refractivity contribution in [2.24, 2.45) is 5.92 Å². The first kappa shape index (κ1) is 26.1. The van der Waals surface area contributed by atoms with E-state index in [-0.39, 0.29) is 25.3 Å². The van der Waals surface area contributed by atoms with Crippen molar-refractivity contribution < 1.29 is 28.2 Å². The number of benzene rings is 3. The molecule has 2 unspecified atom stereocenters. The van der Waals surface area contributed by atoms with E-state index in [2.05, 4.69) is 5.32 Å². The summed E-state index contributed by atoms with van der Waals surface area (Å²) >= 11 is 0. The van der Waals surface area contributed by atoms with E-state index in [4.69, 9.17) is 18.6 Å². The van der Waals surface area contributed by atoms with Gasteiger partial charge in [-0.25, -0.2) is 0 Å². The fraction of sp³-hybridized carbons (Fsp3) is 0.267. The SMILES string of the molecule is COCOCC(CC(Cc1ccccc1)C(=O)OC)NC(=O)c1ccc(-c2cc3ccccc3o2)cc1. The predicted octanol–water partition coefficient (Wildman–Crippen LogP) is 5.24. The topological polar surface area (TPSA) is 87.0 Å². The molecule has 3 aromatic carbocycles. The van der Waals surface area contributed by atoms with E-state index < -0.39 is 12.0 Å². The largest absolute Gasteiger partial charge is 0.469 e. The fourth-order valence-corrected chi connectivity index (χ4v) is 4.29. The molecule has 4 rings (SSSR count). The number of esters is 1. The van der Waals surface area contributed by atoms with Gasteiger partial charge in [-0.1, -0.05) is 60.7 Å². The molecular weight excluding hydrogens is 470 g/mol. The van der Waals surface area contributed by atoms with E-state index in [0.29, 0.717) is 18.4 Å². The minimum atomic E-state index is -0.445. The van der Waals surface area contributed by atoms with E-state index >= 15 is 0 Å². The Labute approximate surface area is 216 Å². The first-order valence-electron chi connectivity index (χ1n) is 12.2. The zero-order valence-electron chi connectivity index (χ0n) is 21.0. The highest BCUT2D eigenvalue weighted by Crippen LogP contribution is 2.28. The Hall–Kier alpha value is -3.94. The summed E-state index contributed by atoms with van der Waals surface area (Å²) in [5.74, 6) is -0.296. The minimum Gasteiger partial charge on any atom is -0.469 e. The van der Waals surface area contributed by atoms with Gasteiger partial charge in [-0.2, -0.15) is 0 Å². The lowest BCUT2D eigenvalue weighted by Gasteiger charge is -2.23. The predicted molar refractivity (Wildman–Crippen MR) is 141 cm³/mol. The average molecular weight is 502 g/mol. The number of fused-ring (bicyclic) bond motifs is 1. The van der Waals surface area contributed by atoms with Crippen molar-refractivity contribution in [3.8, 4) is 11.3 Å². The van der Waals surface area contributed by atoms with Crippen molar-refractivity contribution in [2.45, 2.75) is 18.9 Å². The normalized spacial score (nSPS) is 12.7. The molecule has 4 aromatic rings. The number of methoxy groups -OCH3 is 2. The van der Waals surface area contributed by atoms with Crippen LogP contribution in [0.25, 0.3) is 22.3 Å². The molecule has 0 saturated heterocycles. The van der Waals surface area contributed by atoms with Gasteiger partial charge in [0.05, 0.1) is 25.7 Å². The number of furan rings is 1. The Balaban J connectivity index is 1.46. The van der Waals surface area contributed by atoms with E-state index in [1.807, 2.05) is 72.8 Å². The standard InChI is InChI=1S/C30H31NO6/c1-34-20-36-19-26(17-25(30(33)35-2)16-21-8-4-3-5-9-21)31-29(32)23-14-12-22(13-15-23)28-18-24-10-6-7-11-27(24)37-28/h3-15,18,25-26H,16-17,19-20H2,1-2H3,(H,31,32). The molecule has 1 aromatic heterocycles. The first-order chi connectivity index (χ1) is 18.1. The van der Waals surface area contributed by atoms with E-state index in [1.54, 1.807) is 12.1 Å². The Morgan fingerprint density at radius 1 is 0.919 bits per heavy atom. The van der Waals surface area contributed by atoms with Crippen LogP contribution in [-0.2, 0) is 25.4 Å². The zero-order valence-corrected chi connectivity index (χ0v) is 21.0. The number of para-hydroxylation sites is 1. The summed E-state index contributed by atoms with van der Waals surface area (Å²) in [6, 6.07) is 26.3. The quantitative estimate of drug-likeness (QED) is 0.162. The maximum absolute atomic E-state index is 13.1. The molecule has 0 fully saturated rings. The highest BCUT2D eigenvalue weighted by molar-refractivity contribution is 5.95. The maximum Gasteiger partial charge on any atom is 0.309 e. The van der Waals surface area contributed by atoms with Crippen molar-refractivity contribution in [1.29, 1.82) is 0 Å². The molecule has 0 aliphatic rings. The van der Waals surface area contributed by atoms with Crippen molar-refractivity contribution in [3.05, 3.63) is 96.1 Å². The molecule has 7 heteroatoms. The zero-order chi connectivity index (χ0) is 26.0. The van der Waals surface area contributed by atoms with Gasteiger partial charge in [0, 0.05) is 23.6 Å². The smallest absolute Gasteiger partial charge is 0.309 e. The van der Waals surface area contributed by atoms with Crippen molar-refractivity contribution in [2.75, 3.05) is 27.6 Å². The minimum absolute atomic E-state index is 0.0835. The number of ether oxygens (including phenoxy) is 3. The van der Waals surface area contributed by atoms with Gasteiger partial charge in [0.15, 0.2) is 0 Å². The summed E-state index contributed by atoms with van der Waals surface area (Å²) in [5.41, 5.74) is 3.20. The second kappa shape index (κ2) is 12.9. The lowest BCUT2D eigenvalue weighted by atomic mass is 9.92. The third kappa shape index (κ3) is 7.06. The molecular formula is C30H31NO6.